The summed E-state index contributed by atoms with van der Waals surface area (Å²) in [4.78, 5) is 20.8. The molecular weight excluding hydrogens is 281 g/mol. The van der Waals surface area contributed by atoms with Crippen LogP contribution in [0.4, 0.5) is 10.1 Å². The van der Waals surface area contributed by atoms with Crippen LogP contribution in [0.2, 0.25) is 0 Å². The minimum Gasteiger partial charge on any atom is -0.478 e. The molecule has 0 unspecified atom stereocenters. The lowest BCUT2D eigenvalue weighted by Gasteiger charge is -2.09. The fraction of sp³-hybridized carbons (Fsp3) is 0.0714. The summed E-state index contributed by atoms with van der Waals surface area (Å²) in [6, 6.07) is 7.15. The molecule has 0 spiro atoms. The van der Waals surface area contributed by atoms with Crippen molar-refractivity contribution >= 4 is 11.7 Å². The number of ether oxygens (including phenoxy) is 1. The van der Waals surface area contributed by atoms with Crippen molar-refractivity contribution in [2.75, 3.05) is 0 Å². The molecule has 2 rings (SSSR count). The van der Waals surface area contributed by atoms with Gasteiger partial charge in [0.15, 0.2) is 11.6 Å². The average Bonchev–Trinajstić information content (AvgIpc) is 2.42. The van der Waals surface area contributed by atoms with Crippen molar-refractivity contribution in [2.45, 2.75) is 6.92 Å². The molecule has 0 heterocycles. The maximum absolute atomic E-state index is 13.8. The van der Waals surface area contributed by atoms with Crippen LogP contribution in [0.15, 0.2) is 36.4 Å². The average molecular weight is 291 g/mol. The Hall–Kier alpha value is -2.96. The fourth-order valence-corrected chi connectivity index (χ4v) is 1.65. The molecule has 0 aromatic heterocycles. The standard InChI is InChI=1S/C14H10FNO5/c1-8-2-4-10(16(19)20)7-13(8)21-12-5-3-9(14(17)18)6-11(12)15/h2-7H,1H3,(H,17,18). The molecule has 0 atom stereocenters. The van der Waals surface area contributed by atoms with Crippen molar-refractivity contribution in [3.05, 3.63) is 63.5 Å². The zero-order valence-corrected chi connectivity index (χ0v) is 10.9. The van der Waals surface area contributed by atoms with Crippen LogP contribution >= 0.6 is 0 Å². The molecule has 2 aromatic carbocycles. The van der Waals surface area contributed by atoms with Crippen molar-refractivity contribution < 1.29 is 24.0 Å². The summed E-state index contributed by atoms with van der Waals surface area (Å²) < 4.78 is 19.1. The largest absolute Gasteiger partial charge is 0.478 e. The Balaban J connectivity index is 2.36. The molecule has 0 radical (unpaired) electrons. The number of carbonyl (C=O) groups is 1. The van der Waals surface area contributed by atoms with E-state index in [9.17, 15) is 19.3 Å². The van der Waals surface area contributed by atoms with Gasteiger partial charge in [0.05, 0.1) is 16.6 Å². The van der Waals surface area contributed by atoms with E-state index in [1.54, 1.807) is 6.92 Å². The second-order valence-electron chi connectivity index (χ2n) is 4.26. The fourth-order valence-electron chi connectivity index (χ4n) is 1.65. The van der Waals surface area contributed by atoms with E-state index in [0.29, 0.717) is 5.56 Å². The zero-order chi connectivity index (χ0) is 15.6. The number of aryl methyl sites for hydroxylation is 1. The van der Waals surface area contributed by atoms with Crippen LogP contribution in [0.1, 0.15) is 15.9 Å². The first-order chi connectivity index (χ1) is 9.88. The highest BCUT2D eigenvalue weighted by atomic mass is 19.1. The summed E-state index contributed by atoms with van der Waals surface area (Å²) in [6.45, 7) is 1.66. The van der Waals surface area contributed by atoms with Crippen LogP contribution in [-0.4, -0.2) is 16.0 Å². The van der Waals surface area contributed by atoms with Gasteiger partial charge in [-0.3, -0.25) is 10.1 Å². The molecule has 0 saturated heterocycles. The highest BCUT2D eigenvalue weighted by Gasteiger charge is 2.14. The molecule has 0 saturated carbocycles. The number of benzene rings is 2. The lowest BCUT2D eigenvalue weighted by atomic mass is 10.2. The molecule has 0 bridgehead atoms. The number of nitro groups is 1. The van der Waals surface area contributed by atoms with Gasteiger partial charge in [-0.2, -0.15) is 0 Å². The quantitative estimate of drug-likeness (QED) is 0.687. The number of hydrogen-bond donors (Lipinski definition) is 1. The van der Waals surface area contributed by atoms with Crippen LogP contribution < -0.4 is 4.74 Å². The van der Waals surface area contributed by atoms with Gasteiger partial charge in [0.2, 0.25) is 0 Å². The highest BCUT2D eigenvalue weighted by Crippen LogP contribution is 2.30. The summed E-state index contributed by atoms with van der Waals surface area (Å²) in [5.74, 6) is -2.19. The third kappa shape index (κ3) is 3.14. The summed E-state index contributed by atoms with van der Waals surface area (Å²) in [7, 11) is 0. The number of carboxylic acids is 1. The van der Waals surface area contributed by atoms with Gasteiger partial charge < -0.3 is 9.84 Å². The molecular formula is C14H10FNO5. The van der Waals surface area contributed by atoms with E-state index in [4.69, 9.17) is 9.84 Å². The van der Waals surface area contributed by atoms with E-state index in [1.165, 1.54) is 24.3 Å². The predicted molar refractivity (Wildman–Crippen MR) is 71.3 cm³/mol. The molecule has 1 N–H and O–H groups in total. The maximum Gasteiger partial charge on any atom is 0.335 e. The number of halogens is 1. The van der Waals surface area contributed by atoms with Gasteiger partial charge in [-0.1, -0.05) is 0 Å². The van der Waals surface area contributed by atoms with Gasteiger partial charge in [-0.15, -0.1) is 0 Å². The molecule has 0 aliphatic rings. The van der Waals surface area contributed by atoms with Gasteiger partial charge in [0.25, 0.3) is 5.69 Å². The Kier molecular flexibility index (Phi) is 3.84. The van der Waals surface area contributed by atoms with Gasteiger partial charge in [0, 0.05) is 6.07 Å². The lowest BCUT2D eigenvalue weighted by Crippen LogP contribution is -1.98. The van der Waals surface area contributed by atoms with E-state index in [1.807, 2.05) is 0 Å². The minimum absolute atomic E-state index is 0.131. The van der Waals surface area contributed by atoms with Crippen LogP contribution in [0, 0.1) is 22.9 Å². The molecule has 6 nitrogen and oxygen atoms in total. The number of non-ortho nitro benzene ring substituents is 1. The monoisotopic (exact) mass is 291 g/mol. The van der Waals surface area contributed by atoms with E-state index in [0.717, 1.165) is 12.1 Å². The summed E-state index contributed by atoms with van der Waals surface area (Å²) in [6.07, 6.45) is 0. The first-order valence-corrected chi connectivity index (χ1v) is 5.84. The Morgan fingerprint density at radius 2 is 1.95 bits per heavy atom. The minimum atomic E-state index is -1.26. The SMILES string of the molecule is Cc1ccc([N+](=O)[O-])cc1Oc1ccc(C(=O)O)cc1F. The number of aromatic carboxylic acids is 1. The van der Waals surface area contributed by atoms with E-state index in [-0.39, 0.29) is 22.7 Å². The number of carboxylic acid groups (broad SMARTS) is 1. The van der Waals surface area contributed by atoms with Crippen LogP contribution in [-0.2, 0) is 0 Å². The predicted octanol–water partition coefficient (Wildman–Crippen LogP) is 3.53. The number of hydrogen-bond acceptors (Lipinski definition) is 4. The summed E-state index contributed by atoms with van der Waals surface area (Å²) >= 11 is 0. The Morgan fingerprint density at radius 3 is 2.52 bits per heavy atom. The number of nitro benzene ring substituents is 1. The maximum atomic E-state index is 13.8. The van der Waals surface area contributed by atoms with Crippen molar-refractivity contribution in [3.63, 3.8) is 0 Å². The van der Waals surface area contributed by atoms with Crippen molar-refractivity contribution in [1.82, 2.24) is 0 Å². The van der Waals surface area contributed by atoms with Gasteiger partial charge in [-0.05, 0) is 36.8 Å². The summed E-state index contributed by atoms with van der Waals surface area (Å²) in [5, 5.41) is 19.5. The van der Waals surface area contributed by atoms with Crippen molar-refractivity contribution in [3.8, 4) is 11.5 Å². The zero-order valence-electron chi connectivity index (χ0n) is 10.9. The van der Waals surface area contributed by atoms with Crippen LogP contribution in [0.25, 0.3) is 0 Å². The normalized spacial score (nSPS) is 10.2. The van der Waals surface area contributed by atoms with Crippen LogP contribution in [0.5, 0.6) is 11.5 Å². The third-order valence-corrected chi connectivity index (χ3v) is 2.78. The molecule has 0 amide bonds. The van der Waals surface area contributed by atoms with Crippen molar-refractivity contribution in [1.29, 1.82) is 0 Å². The molecule has 0 aliphatic heterocycles. The molecule has 0 aliphatic carbocycles. The van der Waals surface area contributed by atoms with Crippen LogP contribution in [0.3, 0.4) is 0 Å². The van der Waals surface area contributed by atoms with Gasteiger partial charge in [-0.25, -0.2) is 9.18 Å². The molecule has 2 aromatic rings. The molecule has 21 heavy (non-hydrogen) atoms. The molecule has 108 valence electrons. The van der Waals surface area contributed by atoms with E-state index < -0.39 is 16.7 Å². The third-order valence-electron chi connectivity index (χ3n) is 2.78. The second kappa shape index (κ2) is 5.58. The van der Waals surface area contributed by atoms with Gasteiger partial charge >= 0.3 is 5.97 Å². The smallest absolute Gasteiger partial charge is 0.335 e. The van der Waals surface area contributed by atoms with Crippen molar-refractivity contribution in [2.24, 2.45) is 0 Å². The van der Waals surface area contributed by atoms with Gasteiger partial charge in [0.1, 0.15) is 5.75 Å². The van der Waals surface area contributed by atoms with E-state index in [2.05, 4.69) is 0 Å². The molecule has 0 fully saturated rings. The topological polar surface area (TPSA) is 89.7 Å². The highest BCUT2D eigenvalue weighted by molar-refractivity contribution is 5.87. The Bertz CT molecular complexity index is 729. The second-order valence-corrected chi connectivity index (χ2v) is 4.26. The summed E-state index contributed by atoms with van der Waals surface area (Å²) in [5.41, 5.74) is 0.191. The first kappa shape index (κ1) is 14.4. The number of rotatable bonds is 4. The Morgan fingerprint density at radius 1 is 1.24 bits per heavy atom. The Labute approximate surface area is 118 Å². The van der Waals surface area contributed by atoms with E-state index >= 15 is 0 Å². The lowest BCUT2D eigenvalue weighted by molar-refractivity contribution is -0.384. The molecule has 7 heteroatoms. The first-order valence-electron chi connectivity index (χ1n) is 5.84. The number of nitrogens with zero attached hydrogens (tertiary/aromatic N) is 1.